The van der Waals surface area contributed by atoms with E-state index in [1.807, 2.05) is 4.68 Å². The molecular formula is C11H19N5O. The highest BCUT2D eigenvalue weighted by Crippen LogP contribution is 2.35. The zero-order chi connectivity index (χ0) is 12.4. The van der Waals surface area contributed by atoms with Crippen LogP contribution >= 0.6 is 0 Å². The minimum absolute atomic E-state index is 0.0411. The molecule has 0 bridgehead atoms. The molecular weight excluding hydrogens is 218 g/mol. The Bertz CT molecular complexity index is 404. The maximum atomic E-state index is 8.57. The molecule has 2 unspecified atom stereocenters. The van der Waals surface area contributed by atoms with Crippen LogP contribution in [0, 0.1) is 11.8 Å². The predicted molar refractivity (Wildman–Crippen MR) is 63.7 cm³/mol. The Morgan fingerprint density at radius 3 is 2.65 bits per heavy atom. The number of nitrogens with two attached hydrogens (primary N) is 1. The molecule has 1 aromatic rings. The van der Waals surface area contributed by atoms with Gasteiger partial charge in [0, 0.05) is 0 Å². The molecule has 17 heavy (non-hydrogen) atoms. The largest absolute Gasteiger partial charge is 0.409 e. The van der Waals surface area contributed by atoms with Crippen LogP contribution in [0.4, 0.5) is 0 Å². The molecule has 1 fully saturated rings. The van der Waals surface area contributed by atoms with E-state index in [2.05, 4.69) is 29.1 Å². The summed E-state index contributed by atoms with van der Waals surface area (Å²) in [5.41, 5.74) is 5.45. The van der Waals surface area contributed by atoms with E-state index in [-0.39, 0.29) is 5.84 Å². The first-order valence-electron chi connectivity index (χ1n) is 5.99. The van der Waals surface area contributed by atoms with Crippen molar-refractivity contribution in [2.24, 2.45) is 22.7 Å². The first-order chi connectivity index (χ1) is 8.10. The van der Waals surface area contributed by atoms with Crippen molar-refractivity contribution < 1.29 is 5.21 Å². The molecule has 1 heterocycles. The lowest BCUT2D eigenvalue weighted by molar-refractivity contribution is 0.209. The molecule has 0 amide bonds. The van der Waals surface area contributed by atoms with E-state index in [4.69, 9.17) is 10.9 Å². The van der Waals surface area contributed by atoms with E-state index in [1.54, 1.807) is 6.33 Å². The minimum atomic E-state index is -0.0411. The Hall–Kier alpha value is -1.59. The second-order valence-electron chi connectivity index (χ2n) is 5.10. The fraction of sp³-hybridized carbons (Fsp3) is 0.727. The molecule has 2 atom stereocenters. The van der Waals surface area contributed by atoms with Gasteiger partial charge in [0.15, 0.2) is 0 Å². The molecule has 1 aliphatic rings. The van der Waals surface area contributed by atoms with Gasteiger partial charge in [-0.3, -0.25) is 0 Å². The van der Waals surface area contributed by atoms with Crippen molar-refractivity contribution >= 4 is 5.84 Å². The average Bonchev–Trinajstić information content (AvgIpc) is 2.76. The number of amidine groups is 1. The van der Waals surface area contributed by atoms with Gasteiger partial charge in [-0.15, -0.1) is 5.10 Å². The lowest BCUT2D eigenvalue weighted by atomic mass is 9.80. The van der Waals surface area contributed by atoms with Gasteiger partial charge in [-0.2, -0.15) is 0 Å². The Morgan fingerprint density at radius 1 is 1.41 bits per heavy atom. The topological polar surface area (TPSA) is 89.3 Å². The van der Waals surface area contributed by atoms with Gasteiger partial charge in [0.25, 0.3) is 0 Å². The predicted octanol–water partition coefficient (Wildman–Crippen LogP) is 1.37. The third-order valence-corrected chi connectivity index (χ3v) is 3.37. The maximum Gasteiger partial charge on any atom is 0.219 e. The zero-order valence-electron chi connectivity index (χ0n) is 10.2. The second kappa shape index (κ2) is 4.73. The average molecular weight is 237 g/mol. The molecule has 2 rings (SSSR count). The highest BCUT2D eigenvalue weighted by Gasteiger charge is 2.26. The lowest BCUT2D eigenvalue weighted by Gasteiger charge is -2.31. The van der Waals surface area contributed by atoms with Gasteiger partial charge in [0.05, 0.1) is 6.04 Å². The molecule has 3 N–H and O–H groups in total. The quantitative estimate of drug-likeness (QED) is 0.352. The summed E-state index contributed by atoms with van der Waals surface area (Å²) < 4.78 is 1.85. The summed E-state index contributed by atoms with van der Waals surface area (Å²) in [6.45, 7) is 4.54. The number of hydrogen-bond acceptors (Lipinski definition) is 4. The van der Waals surface area contributed by atoms with Crippen LogP contribution in [0.1, 0.15) is 45.0 Å². The summed E-state index contributed by atoms with van der Waals surface area (Å²) in [5.74, 6) is 1.67. The van der Waals surface area contributed by atoms with Crippen LogP contribution in [-0.2, 0) is 0 Å². The lowest BCUT2D eigenvalue weighted by Crippen LogP contribution is -2.23. The fourth-order valence-corrected chi connectivity index (χ4v) is 2.73. The van der Waals surface area contributed by atoms with Gasteiger partial charge < -0.3 is 10.9 Å². The van der Waals surface area contributed by atoms with Crippen LogP contribution < -0.4 is 5.73 Å². The second-order valence-corrected chi connectivity index (χ2v) is 5.10. The van der Waals surface area contributed by atoms with Gasteiger partial charge >= 0.3 is 0 Å². The molecule has 6 nitrogen and oxygen atoms in total. The van der Waals surface area contributed by atoms with E-state index in [0.29, 0.717) is 23.7 Å². The number of oxime groups is 1. The van der Waals surface area contributed by atoms with Crippen molar-refractivity contribution in [3.8, 4) is 0 Å². The van der Waals surface area contributed by atoms with Crippen molar-refractivity contribution in [3.63, 3.8) is 0 Å². The molecule has 0 aromatic carbocycles. The van der Waals surface area contributed by atoms with Gasteiger partial charge in [-0.05, 0) is 31.1 Å². The number of nitrogens with zero attached hydrogens (tertiary/aromatic N) is 4. The summed E-state index contributed by atoms with van der Waals surface area (Å²) >= 11 is 0. The summed E-state index contributed by atoms with van der Waals surface area (Å²) in [6, 6.07) is 0.376. The van der Waals surface area contributed by atoms with Crippen LogP contribution in [0.15, 0.2) is 11.5 Å². The summed E-state index contributed by atoms with van der Waals surface area (Å²) in [6.07, 6.45) is 5.17. The number of aromatic nitrogens is 3. The van der Waals surface area contributed by atoms with Gasteiger partial charge in [-0.25, -0.2) is 9.67 Å². The van der Waals surface area contributed by atoms with E-state index in [1.165, 1.54) is 6.42 Å². The van der Waals surface area contributed by atoms with E-state index >= 15 is 0 Å². The van der Waals surface area contributed by atoms with Crippen LogP contribution in [0.3, 0.4) is 0 Å². The maximum absolute atomic E-state index is 8.57. The molecule has 0 aliphatic heterocycles. The minimum Gasteiger partial charge on any atom is -0.409 e. The van der Waals surface area contributed by atoms with Crippen LogP contribution in [0.2, 0.25) is 0 Å². The standard InChI is InChI=1S/C11H19N5O/c1-7-3-8(2)5-9(4-7)16-6-13-11(14-16)10(12)15-17/h6-9,17H,3-5H2,1-2H3,(H2,12,15). The van der Waals surface area contributed by atoms with Crippen LogP contribution in [-0.4, -0.2) is 25.8 Å². The third kappa shape index (κ3) is 2.57. The van der Waals surface area contributed by atoms with Crippen molar-refractivity contribution in [1.29, 1.82) is 0 Å². The summed E-state index contributed by atoms with van der Waals surface area (Å²) in [5, 5.41) is 15.7. The molecule has 1 aromatic heterocycles. The van der Waals surface area contributed by atoms with E-state index in [9.17, 15) is 0 Å². The molecule has 0 saturated heterocycles. The van der Waals surface area contributed by atoms with Gasteiger partial charge in [0.1, 0.15) is 6.33 Å². The van der Waals surface area contributed by atoms with Gasteiger partial charge in [0.2, 0.25) is 11.7 Å². The Kier molecular flexibility index (Phi) is 3.31. The Balaban J connectivity index is 2.14. The van der Waals surface area contributed by atoms with Crippen LogP contribution in [0.5, 0.6) is 0 Å². The first-order valence-corrected chi connectivity index (χ1v) is 5.99. The van der Waals surface area contributed by atoms with E-state index < -0.39 is 0 Å². The SMILES string of the molecule is CC1CC(C)CC(n2cnc(C(N)=NO)n2)C1. The summed E-state index contributed by atoms with van der Waals surface area (Å²) in [7, 11) is 0. The summed E-state index contributed by atoms with van der Waals surface area (Å²) in [4.78, 5) is 4.05. The van der Waals surface area contributed by atoms with Crippen molar-refractivity contribution in [1.82, 2.24) is 14.8 Å². The Morgan fingerprint density at radius 2 is 2.06 bits per heavy atom. The van der Waals surface area contributed by atoms with Crippen molar-refractivity contribution in [2.45, 2.75) is 39.2 Å². The highest BCUT2D eigenvalue weighted by atomic mass is 16.4. The fourth-order valence-electron chi connectivity index (χ4n) is 2.73. The highest BCUT2D eigenvalue weighted by molar-refractivity contribution is 5.93. The van der Waals surface area contributed by atoms with E-state index in [0.717, 1.165) is 12.8 Å². The Labute approximate surface area is 101 Å². The van der Waals surface area contributed by atoms with Gasteiger partial charge in [-0.1, -0.05) is 19.0 Å². The third-order valence-electron chi connectivity index (χ3n) is 3.37. The zero-order valence-corrected chi connectivity index (χ0v) is 10.2. The normalized spacial score (nSPS) is 30.5. The first kappa shape index (κ1) is 11.9. The molecule has 0 radical (unpaired) electrons. The molecule has 0 spiro atoms. The molecule has 94 valence electrons. The van der Waals surface area contributed by atoms with Crippen molar-refractivity contribution in [3.05, 3.63) is 12.2 Å². The molecule has 1 saturated carbocycles. The molecule has 6 heteroatoms. The van der Waals surface area contributed by atoms with Crippen molar-refractivity contribution in [2.75, 3.05) is 0 Å². The van der Waals surface area contributed by atoms with Crippen LogP contribution in [0.25, 0.3) is 0 Å². The number of hydrogen-bond donors (Lipinski definition) is 2. The molecule has 1 aliphatic carbocycles. The monoisotopic (exact) mass is 237 g/mol. The smallest absolute Gasteiger partial charge is 0.219 e. The number of rotatable bonds is 2.